The summed E-state index contributed by atoms with van der Waals surface area (Å²) in [4.78, 5) is 8.77. The normalized spacial score (nSPS) is 10.1. The Bertz CT molecular complexity index is 593. The summed E-state index contributed by atoms with van der Waals surface area (Å²) in [7, 11) is 0. The number of aryl methyl sites for hydroxylation is 2. The van der Waals surface area contributed by atoms with Crippen LogP contribution in [0.5, 0.6) is 0 Å². The zero-order valence-corrected chi connectivity index (χ0v) is 12.0. The van der Waals surface area contributed by atoms with Crippen molar-refractivity contribution in [1.82, 2.24) is 9.97 Å². The number of hydrogen-bond donors (Lipinski definition) is 2. The van der Waals surface area contributed by atoms with E-state index in [1.165, 1.54) is 5.56 Å². The standard InChI is InChI=1S/C16H20N4/c1-4-10-17-15-11-16(19-12(3)18-15)20-14-9-7-6-8-13(14)5-2/h4,6-9,11H,1,5,10H2,2-3H3,(H2,17,18,19,20). The van der Waals surface area contributed by atoms with Crippen molar-refractivity contribution in [3.8, 4) is 0 Å². The summed E-state index contributed by atoms with van der Waals surface area (Å²) >= 11 is 0. The molecule has 0 spiro atoms. The molecular formula is C16H20N4. The number of para-hydroxylation sites is 1. The highest BCUT2D eigenvalue weighted by molar-refractivity contribution is 5.62. The number of benzene rings is 1. The van der Waals surface area contributed by atoms with Gasteiger partial charge >= 0.3 is 0 Å². The molecule has 0 fully saturated rings. The van der Waals surface area contributed by atoms with Crippen molar-refractivity contribution in [2.24, 2.45) is 0 Å². The van der Waals surface area contributed by atoms with Gasteiger partial charge in [-0.1, -0.05) is 31.2 Å². The summed E-state index contributed by atoms with van der Waals surface area (Å²) in [6.45, 7) is 8.40. The fourth-order valence-electron chi connectivity index (χ4n) is 1.99. The average molecular weight is 268 g/mol. The highest BCUT2D eigenvalue weighted by Crippen LogP contribution is 2.21. The monoisotopic (exact) mass is 268 g/mol. The first-order valence-corrected chi connectivity index (χ1v) is 6.78. The summed E-state index contributed by atoms with van der Waals surface area (Å²) in [5.41, 5.74) is 2.35. The Hall–Kier alpha value is -2.36. The number of nitrogens with one attached hydrogen (secondary N) is 2. The second-order valence-corrected chi connectivity index (χ2v) is 4.49. The third-order valence-corrected chi connectivity index (χ3v) is 2.93. The Morgan fingerprint density at radius 3 is 2.70 bits per heavy atom. The van der Waals surface area contributed by atoms with E-state index in [-0.39, 0.29) is 0 Å². The van der Waals surface area contributed by atoms with E-state index in [4.69, 9.17) is 0 Å². The molecule has 2 N–H and O–H groups in total. The van der Waals surface area contributed by atoms with Crippen molar-refractivity contribution in [3.63, 3.8) is 0 Å². The molecule has 0 unspecified atom stereocenters. The molecule has 0 atom stereocenters. The molecule has 0 saturated heterocycles. The largest absolute Gasteiger partial charge is 0.366 e. The maximum absolute atomic E-state index is 4.42. The lowest BCUT2D eigenvalue weighted by molar-refractivity contribution is 1.04. The second kappa shape index (κ2) is 6.70. The molecule has 104 valence electrons. The first-order valence-electron chi connectivity index (χ1n) is 6.78. The molecule has 0 aliphatic rings. The lowest BCUT2D eigenvalue weighted by atomic mass is 10.1. The molecule has 0 bridgehead atoms. The summed E-state index contributed by atoms with van der Waals surface area (Å²) in [5.74, 6) is 2.33. The van der Waals surface area contributed by atoms with Crippen LogP contribution in [0.1, 0.15) is 18.3 Å². The van der Waals surface area contributed by atoms with Crippen molar-refractivity contribution in [2.75, 3.05) is 17.2 Å². The Morgan fingerprint density at radius 2 is 1.95 bits per heavy atom. The van der Waals surface area contributed by atoms with Gasteiger partial charge in [0.05, 0.1) is 0 Å². The van der Waals surface area contributed by atoms with Crippen molar-refractivity contribution in [3.05, 3.63) is 54.4 Å². The molecule has 1 aromatic heterocycles. The van der Waals surface area contributed by atoms with Crippen LogP contribution in [0.15, 0.2) is 43.0 Å². The topological polar surface area (TPSA) is 49.8 Å². The van der Waals surface area contributed by atoms with Gasteiger partial charge < -0.3 is 10.6 Å². The van der Waals surface area contributed by atoms with Crippen molar-refractivity contribution >= 4 is 17.3 Å². The summed E-state index contributed by atoms with van der Waals surface area (Å²) in [6, 6.07) is 10.2. The van der Waals surface area contributed by atoms with E-state index in [1.54, 1.807) is 6.08 Å². The van der Waals surface area contributed by atoms with Crippen LogP contribution in [0, 0.1) is 6.92 Å². The van der Waals surface area contributed by atoms with E-state index in [0.29, 0.717) is 6.54 Å². The number of anilines is 3. The molecule has 1 heterocycles. The summed E-state index contributed by atoms with van der Waals surface area (Å²) in [6.07, 6.45) is 2.78. The van der Waals surface area contributed by atoms with Crippen LogP contribution in [0.25, 0.3) is 0 Å². The van der Waals surface area contributed by atoms with Crippen LogP contribution < -0.4 is 10.6 Å². The van der Waals surface area contributed by atoms with Crippen LogP contribution in [-0.2, 0) is 6.42 Å². The molecule has 0 aliphatic carbocycles. The number of hydrogen-bond acceptors (Lipinski definition) is 4. The van der Waals surface area contributed by atoms with E-state index >= 15 is 0 Å². The highest BCUT2D eigenvalue weighted by Gasteiger charge is 2.04. The van der Waals surface area contributed by atoms with E-state index in [0.717, 1.165) is 29.6 Å². The van der Waals surface area contributed by atoms with Crippen LogP contribution in [0.4, 0.5) is 17.3 Å². The first kappa shape index (κ1) is 14.1. The molecule has 0 aliphatic heterocycles. The smallest absolute Gasteiger partial charge is 0.136 e. The van der Waals surface area contributed by atoms with Gasteiger partial charge in [0.1, 0.15) is 17.5 Å². The Kier molecular flexibility index (Phi) is 4.71. The van der Waals surface area contributed by atoms with E-state index < -0.39 is 0 Å². The fourth-order valence-corrected chi connectivity index (χ4v) is 1.99. The van der Waals surface area contributed by atoms with Crippen LogP contribution in [0.3, 0.4) is 0 Å². The quantitative estimate of drug-likeness (QED) is 0.784. The Morgan fingerprint density at radius 1 is 1.20 bits per heavy atom. The van der Waals surface area contributed by atoms with Gasteiger partial charge in [-0.25, -0.2) is 9.97 Å². The van der Waals surface area contributed by atoms with Gasteiger partial charge in [-0.05, 0) is 25.0 Å². The molecule has 4 nitrogen and oxygen atoms in total. The minimum atomic E-state index is 0.682. The molecule has 0 radical (unpaired) electrons. The third kappa shape index (κ3) is 3.57. The van der Waals surface area contributed by atoms with Gasteiger partial charge in [-0.15, -0.1) is 6.58 Å². The molecular weight excluding hydrogens is 248 g/mol. The number of nitrogens with zero attached hydrogens (tertiary/aromatic N) is 2. The van der Waals surface area contributed by atoms with Gasteiger partial charge in [-0.3, -0.25) is 0 Å². The second-order valence-electron chi connectivity index (χ2n) is 4.49. The molecule has 2 aromatic rings. The minimum Gasteiger partial charge on any atom is -0.366 e. The van der Waals surface area contributed by atoms with Crippen LogP contribution in [-0.4, -0.2) is 16.5 Å². The van der Waals surface area contributed by atoms with Crippen molar-refractivity contribution in [2.45, 2.75) is 20.3 Å². The van der Waals surface area contributed by atoms with Crippen molar-refractivity contribution in [1.29, 1.82) is 0 Å². The first-order chi connectivity index (χ1) is 9.72. The van der Waals surface area contributed by atoms with Gasteiger partial charge in [0.25, 0.3) is 0 Å². The van der Waals surface area contributed by atoms with Gasteiger partial charge in [0, 0.05) is 18.3 Å². The molecule has 1 aromatic carbocycles. The number of aromatic nitrogens is 2. The zero-order valence-electron chi connectivity index (χ0n) is 12.0. The van der Waals surface area contributed by atoms with E-state index in [1.807, 2.05) is 25.1 Å². The Labute approximate surface area is 120 Å². The molecule has 2 rings (SSSR count). The van der Waals surface area contributed by atoms with Gasteiger partial charge in [-0.2, -0.15) is 0 Å². The molecule has 4 heteroatoms. The van der Waals surface area contributed by atoms with Gasteiger partial charge in [0.15, 0.2) is 0 Å². The lowest BCUT2D eigenvalue weighted by Gasteiger charge is -2.12. The summed E-state index contributed by atoms with van der Waals surface area (Å²) < 4.78 is 0. The molecule has 0 saturated carbocycles. The predicted molar refractivity (Wildman–Crippen MR) is 84.6 cm³/mol. The fraction of sp³-hybridized carbons (Fsp3) is 0.250. The third-order valence-electron chi connectivity index (χ3n) is 2.93. The predicted octanol–water partition coefficient (Wildman–Crippen LogP) is 3.69. The maximum Gasteiger partial charge on any atom is 0.136 e. The zero-order chi connectivity index (χ0) is 14.4. The molecule has 20 heavy (non-hydrogen) atoms. The highest BCUT2D eigenvalue weighted by atomic mass is 15.1. The Balaban J connectivity index is 2.24. The molecule has 0 amide bonds. The minimum absolute atomic E-state index is 0.682. The van der Waals surface area contributed by atoms with Gasteiger partial charge in [0.2, 0.25) is 0 Å². The van der Waals surface area contributed by atoms with Crippen LogP contribution >= 0.6 is 0 Å². The van der Waals surface area contributed by atoms with E-state index in [2.05, 4.69) is 46.2 Å². The SMILES string of the molecule is C=CCNc1cc(Nc2ccccc2CC)nc(C)n1. The average Bonchev–Trinajstić information content (AvgIpc) is 2.45. The van der Waals surface area contributed by atoms with Crippen LogP contribution in [0.2, 0.25) is 0 Å². The lowest BCUT2D eigenvalue weighted by Crippen LogP contribution is -2.05. The van der Waals surface area contributed by atoms with E-state index in [9.17, 15) is 0 Å². The maximum atomic E-state index is 4.42. The van der Waals surface area contributed by atoms with Crippen molar-refractivity contribution < 1.29 is 0 Å². The number of rotatable bonds is 6. The summed E-state index contributed by atoms with van der Waals surface area (Å²) in [5, 5.41) is 6.54.